The van der Waals surface area contributed by atoms with Crippen LogP contribution in [0.1, 0.15) is 12.0 Å². The quantitative estimate of drug-likeness (QED) is 0.524. The third-order valence-corrected chi connectivity index (χ3v) is 2.67. The Labute approximate surface area is 108 Å². The second-order valence-corrected chi connectivity index (χ2v) is 4.51. The molecule has 0 fully saturated rings. The molecule has 16 heavy (non-hydrogen) atoms. The zero-order chi connectivity index (χ0) is 12.1. The molecule has 0 bridgehead atoms. The molecule has 4 nitrogen and oxygen atoms in total. The molecule has 0 aromatic heterocycles. The van der Waals surface area contributed by atoms with Crippen molar-refractivity contribution in [2.45, 2.75) is 13.3 Å². The van der Waals surface area contributed by atoms with Crippen LogP contribution in [-0.2, 0) is 14.3 Å². The van der Waals surface area contributed by atoms with Gasteiger partial charge in [0.05, 0.1) is 7.11 Å². The molecule has 86 valence electrons. The third kappa shape index (κ3) is 3.80. The molecule has 0 spiro atoms. The van der Waals surface area contributed by atoms with Gasteiger partial charge in [0.1, 0.15) is 6.42 Å². The fourth-order valence-electron chi connectivity index (χ4n) is 1.16. The summed E-state index contributed by atoms with van der Waals surface area (Å²) < 4.78 is 5.51. The van der Waals surface area contributed by atoms with E-state index in [1.807, 2.05) is 25.1 Å². The van der Waals surface area contributed by atoms with Gasteiger partial charge in [0.15, 0.2) is 0 Å². The van der Waals surface area contributed by atoms with E-state index >= 15 is 0 Å². The number of benzene rings is 1. The molecule has 0 unspecified atom stereocenters. The highest BCUT2D eigenvalue weighted by molar-refractivity contribution is 14.1. The maximum Gasteiger partial charge on any atom is 0.315 e. The lowest BCUT2D eigenvalue weighted by atomic mass is 10.2. The number of rotatable bonds is 3. The summed E-state index contributed by atoms with van der Waals surface area (Å²) in [5.41, 5.74) is 1.68. The van der Waals surface area contributed by atoms with Crippen LogP contribution in [0, 0.1) is 10.5 Å². The van der Waals surface area contributed by atoms with Crippen molar-refractivity contribution in [2.24, 2.45) is 0 Å². The van der Waals surface area contributed by atoms with E-state index in [4.69, 9.17) is 0 Å². The van der Waals surface area contributed by atoms with Crippen LogP contribution in [0.2, 0.25) is 0 Å². The summed E-state index contributed by atoms with van der Waals surface area (Å²) in [7, 11) is 1.26. The highest BCUT2D eigenvalue weighted by Crippen LogP contribution is 2.17. The van der Waals surface area contributed by atoms with Crippen molar-refractivity contribution in [3.8, 4) is 0 Å². The van der Waals surface area contributed by atoms with Gasteiger partial charge in [-0.1, -0.05) is 0 Å². The zero-order valence-electron chi connectivity index (χ0n) is 9.04. The van der Waals surface area contributed by atoms with E-state index in [-0.39, 0.29) is 12.3 Å². The van der Waals surface area contributed by atoms with Crippen molar-refractivity contribution < 1.29 is 14.3 Å². The predicted molar refractivity (Wildman–Crippen MR) is 69.2 cm³/mol. The molecule has 5 heteroatoms. The smallest absolute Gasteiger partial charge is 0.315 e. The van der Waals surface area contributed by atoms with Gasteiger partial charge in [0, 0.05) is 9.26 Å². The summed E-state index contributed by atoms with van der Waals surface area (Å²) in [6, 6.07) is 5.65. The molecule has 0 heterocycles. The molecular formula is C11H12INO3. The summed E-state index contributed by atoms with van der Waals surface area (Å²) >= 11 is 2.19. The zero-order valence-corrected chi connectivity index (χ0v) is 11.2. The maximum atomic E-state index is 11.4. The van der Waals surface area contributed by atoms with Crippen LogP contribution in [0.5, 0.6) is 0 Å². The monoisotopic (exact) mass is 333 g/mol. The van der Waals surface area contributed by atoms with Crippen molar-refractivity contribution in [1.82, 2.24) is 0 Å². The van der Waals surface area contributed by atoms with E-state index in [1.54, 1.807) is 0 Å². The van der Waals surface area contributed by atoms with Gasteiger partial charge in [-0.2, -0.15) is 0 Å². The van der Waals surface area contributed by atoms with Crippen molar-refractivity contribution in [3.05, 3.63) is 27.3 Å². The van der Waals surface area contributed by atoms with Crippen LogP contribution in [0.3, 0.4) is 0 Å². The lowest BCUT2D eigenvalue weighted by Crippen LogP contribution is -2.17. The first-order chi connectivity index (χ1) is 7.52. The number of hydrogen-bond acceptors (Lipinski definition) is 3. The van der Waals surface area contributed by atoms with Crippen LogP contribution in [0.25, 0.3) is 0 Å². The highest BCUT2D eigenvalue weighted by Gasteiger charge is 2.10. The van der Waals surface area contributed by atoms with Gasteiger partial charge in [-0.25, -0.2) is 0 Å². The average Bonchev–Trinajstić information content (AvgIpc) is 2.22. The first-order valence-corrected chi connectivity index (χ1v) is 5.73. The van der Waals surface area contributed by atoms with Crippen LogP contribution < -0.4 is 5.32 Å². The molecule has 1 amide bonds. The van der Waals surface area contributed by atoms with Crippen molar-refractivity contribution >= 4 is 40.2 Å². The van der Waals surface area contributed by atoms with Crippen molar-refractivity contribution in [1.29, 1.82) is 0 Å². The minimum atomic E-state index is -0.541. The molecule has 0 radical (unpaired) electrons. The van der Waals surface area contributed by atoms with Gasteiger partial charge < -0.3 is 10.1 Å². The van der Waals surface area contributed by atoms with Gasteiger partial charge in [0.25, 0.3) is 0 Å². The summed E-state index contributed by atoms with van der Waals surface area (Å²) in [4.78, 5) is 22.3. The highest BCUT2D eigenvalue weighted by atomic mass is 127. The number of carbonyl (C=O) groups is 2. The third-order valence-electron chi connectivity index (χ3n) is 2.00. The van der Waals surface area contributed by atoms with E-state index in [9.17, 15) is 9.59 Å². The second kappa shape index (κ2) is 5.83. The Kier molecular flexibility index (Phi) is 4.72. The topological polar surface area (TPSA) is 55.4 Å². The van der Waals surface area contributed by atoms with Crippen LogP contribution in [0.4, 0.5) is 5.69 Å². The van der Waals surface area contributed by atoms with E-state index < -0.39 is 5.97 Å². The molecule has 0 aliphatic carbocycles. The van der Waals surface area contributed by atoms with E-state index in [1.165, 1.54) is 7.11 Å². The standard InChI is InChI=1S/C11H12INO3/c1-7-5-8(12)3-4-9(7)13-10(14)6-11(15)16-2/h3-5H,6H2,1-2H3,(H,13,14). The van der Waals surface area contributed by atoms with E-state index in [2.05, 4.69) is 32.6 Å². The van der Waals surface area contributed by atoms with Crippen LogP contribution >= 0.6 is 22.6 Å². The predicted octanol–water partition coefficient (Wildman–Crippen LogP) is 2.10. The largest absolute Gasteiger partial charge is 0.469 e. The summed E-state index contributed by atoms with van der Waals surface area (Å²) in [5, 5.41) is 2.66. The Morgan fingerprint density at radius 2 is 2.12 bits per heavy atom. The normalized spacial score (nSPS) is 9.69. The number of aryl methyl sites for hydroxylation is 1. The average molecular weight is 333 g/mol. The molecule has 0 atom stereocenters. The summed E-state index contributed by atoms with van der Waals surface area (Å²) in [6.07, 6.45) is -0.262. The molecule has 1 aromatic carbocycles. The number of carbonyl (C=O) groups excluding carboxylic acids is 2. The minimum Gasteiger partial charge on any atom is -0.469 e. The number of esters is 1. The first-order valence-electron chi connectivity index (χ1n) is 4.65. The molecule has 0 saturated carbocycles. The fourth-order valence-corrected chi connectivity index (χ4v) is 1.81. The molecule has 0 aliphatic rings. The van der Waals surface area contributed by atoms with Crippen molar-refractivity contribution in [2.75, 3.05) is 12.4 Å². The van der Waals surface area contributed by atoms with E-state index in [0.717, 1.165) is 9.13 Å². The number of anilines is 1. The Bertz CT molecular complexity index is 418. The molecule has 0 saturated heterocycles. The maximum absolute atomic E-state index is 11.4. The Balaban J connectivity index is 2.66. The molecular weight excluding hydrogens is 321 g/mol. The molecule has 1 rings (SSSR count). The van der Waals surface area contributed by atoms with Gasteiger partial charge in [-0.3, -0.25) is 9.59 Å². The van der Waals surface area contributed by atoms with Gasteiger partial charge in [-0.05, 0) is 53.3 Å². The lowest BCUT2D eigenvalue weighted by Gasteiger charge is -2.07. The van der Waals surface area contributed by atoms with Gasteiger partial charge in [0.2, 0.25) is 5.91 Å². The second-order valence-electron chi connectivity index (χ2n) is 3.26. The van der Waals surface area contributed by atoms with Crippen molar-refractivity contribution in [3.63, 3.8) is 0 Å². The number of hydrogen-bond donors (Lipinski definition) is 1. The SMILES string of the molecule is COC(=O)CC(=O)Nc1ccc(I)cc1C. The number of amides is 1. The van der Waals surface area contributed by atoms with Gasteiger partial charge >= 0.3 is 5.97 Å². The summed E-state index contributed by atoms with van der Waals surface area (Å²) in [5.74, 6) is -0.906. The molecule has 0 aliphatic heterocycles. The number of halogens is 1. The van der Waals surface area contributed by atoms with Crippen LogP contribution in [0.15, 0.2) is 18.2 Å². The number of ether oxygens (including phenoxy) is 1. The Morgan fingerprint density at radius 1 is 1.44 bits per heavy atom. The fraction of sp³-hybridized carbons (Fsp3) is 0.273. The Hall–Kier alpha value is -1.11. The minimum absolute atomic E-state index is 0.262. The first kappa shape index (κ1) is 13.0. The number of nitrogens with one attached hydrogen (secondary N) is 1. The van der Waals surface area contributed by atoms with Gasteiger partial charge in [-0.15, -0.1) is 0 Å². The van der Waals surface area contributed by atoms with Crippen LogP contribution in [-0.4, -0.2) is 19.0 Å². The van der Waals surface area contributed by atoms with E-state index in [0.29, 0.717) is 5.69 Å². The lowest BCUT2D eigenvalue weighted by molar-refractivity contribution is -0.142. The number of methoxy groups -OCH3 is 1. The molecule has 1 N–H and O–H groups in total. The summed E-state index contributed by atoms with van der Waals surface area (Å²) in [6.45, 7) is 1.90. The molecule has 1 aromatic rings. The Morgan fingerprint density at radius 3 is 2.69 bits per heavy atom.